The number of nitrogens with zero attached hydrogens (tertiary/aromatic N) is 2. The Bertz CT molecular complexity index is 285. The summed E-state index contributed by atoms with van der Waals surface area (Å²) in [6.07, 6.45) is 13.1. The van der Waals surface area contributed by atoms with Crippen molar-refractivity contribution in [3.63, 3.8) is 0 Å². The average Bonchev–Trinajstić information content (AvgIpc) is 2.53. The van der Waals surface area contributed by atoms with Gasteiger partial charge in [-0.2, -0.15) is 0 Å². The van der Waals surface area contributed by atoms with E-state index in [1.54, 1.807) is 0 Å². The van der Waals surface area contributed by atoms with E-state index >= 15 is 0 Å². The van der Waals surface area contributed by atoms with Crippen LogP contribution in [-0.2, 0) is 6.42 Å². The second-order valence-corrected chi connectivity index (χ2v) is 4.43. The molecule has 1 saturated carbocycles. The smallest absolute Gasteiger partial charge is 0.110 e. The lowest BCUT2D eigenvalue weighted by Gasteiger charge is -2.18. The Morgan fingerprint density at radius 1 is 1.27 bits per heavy atom. The maximum Gasteiger partial charge on any atom is 0.110 e. The third-order valence-corrected chi connectivity index (χ3v) is 3.33. The number of nitrogens with two attached hydrogens (primary N) is 1. The second kappa shape index (κ2) is 5.31. The molecule has 0 aliphatic heterocycles. The molecule has 0 unspecified atom stereocenters. The molecule has 3 heteroatoms. The summed E-state index contributed by atoms with van der Waals surface area (Å²) in [6, 6.07) is 0.677. The molecule has 84 valence electrons. The molecule has 0 bridgehead atoms. The SMILES string of the molecule is NCCc1nccn1C1CCCCCC1. The van der Waals surface area contributed by atoms with Gasteiger partial charge in [0.1, 0.15) is 5.82 Å². The number of aromatic nitrogens is 2. The highest BCUT2D eigenvalue weighted by atomic mass is 15.1. The fourth-order valence-electron chi connectivity index (χ4n) is 2.54. The van der Waals surface area contributed by atoms with Gasteiger partial charge in [-0.3, -0.25) is 0 Å². The fourth-order valence-corrected chi connectivity index (χ4v) is 2.54. The van der Waals surface area contributed by atoms with Crippen molar-refractivity contribution in [1.29, 1.82) is 0 Å². The van der Waals surface area contributed by atoms with Crippen LogP contribution in [0.15, 0.2) is 12.4 Å². The Kier molecular flexibility index (Phi) is 3.78. The Morgan fingerprint density at radius 3 is 2.67 bits per heavy atom. The van der Waals surface area contributed by atoms with E-state index in [2.05, 4.69) is 15.7 Å². The average molecular weight is 207 g/mol. The van der Waals surface area contributed by atoms with Crippen molar-refractivity contribution in [1.82, 2.24) is 9.55 Å². The minimum atomic E-state index is 0.677. The molecule has 1 heterocycles. The van der Waals surface area contributed by atoms with Crippen LogP contribution in [0, 0.1) is 0 Å². The predicted molar refractivity (Wildman–Crippen MR) is 61.7 cm³/mol. The molecule has 0 aromatic carbocycles. The van der Waals surface area contributed by atoms with Crippen LogP contribution in [0.1, 0.15) is 50.4 Å². The summed E-state index contributed by atoms with van der Waals surface area (Å²) < 4.78 is 2.36. The zero-order chi connectivity index (χ0) is 10.5. The van der Waals surface area contributed by atoms with Gasteiger partial charge in [-0.15, -0.1) is 0 Å². The topological polar surface area (TPSA) is 43.8 Å². The summed E-state index contributed by atoms with van der Waals surface area (Å²) in [5, 5.41) is 0. The summed E-state index contributed by atoms with van der Waals surface area (Å²) >= 11 is 0. The highest BCUT2D eigenvalue weighted by Gasteiger charge is 2.15. The van der Waals surface area contributed by atoms with E-state index in [0.29, 0.717) is 12.6 Å². The molecule has 1 fully saturated rings. The van der Waals surface area contributed by atoms with Gasteiger partial charge in [0.25, 0.3) is 0 Å². The molecule has 15 heavy (non-hydrogen) atoms. The van der Waals surface area contributed by atoms with Gasteiger partial charge in [0.05, 0.1) is 0 Å². The number of hydrogen-bond acceptors (Lipinski definition) is 2. The Labute approximate surface area is 91.7 Å². The van der Waals surface area contributed by atoms with Crippen LogP contribution in [-0.4, -0.2) is 16.1 Å². The molecule has 1 aromatic rings. The van der Waals surface area contributed by atoms with Crippen LogP contribution in [0.25, 0.3) is 0 Å². The maximum absolute atomic E-state index is 5.60. The summed E-state index contributed by atoms with van der Waals surface area (Å²) in [4.78, 5) is 4.39. The minimum absolute atomic E-state index is 0.677. The van der Waals surface area contributed by atoms with Crippen molar-refractivity contribution in [3.05, 3.63) is 18.2 Å². The number of hydrogen-bond donors (Lipinski definition) is 1. The van der Waals surface area contributed by atoms with Gasteiger partial charge in [-0.1, -0.05) is 25.7 Å². The van der Waals surface area contributed by atoms with Crippen LogP contribution in [0.2, 0.25) is 0 Å². The number of imidazole rings is 1. The van der Waals surface area contributed by atoms with Crippen LogP contribution in [0.3, 0.4) is 0 Å². The molecule has 0 spiro atoms. The summed E-state index contributed by atoms with van der Waals surface area (Å²) in [5.41, 5.74) is 5.60. The Morgan fingerprint density at radius 2 is 2.00 bits per heavy atom. The van der Waals surface area contributed by atoms with Crippen molar-refractivity contribution < 1.29 is 0 Å². The molecule has 0 saturated heterocycles. The van der Waals surface area contributed by atoms with Crippen molar-refractivity contribution in [3.8, 4) is 0 Å². The maximum atomic E-state index is 5.60. The quantitative estimate of drug-likeness (QED) is 0.773. The van der Waals surface area contributed by atoms with Crippen LogP contribution in [0.5, 0.6) is 0 Å². The van der Waals surface area contributed by atoms with E-state index in [0.717, 1.165) is 6.42 Å². The molecule has 1 aromatic heterocycles. The lowest BCUT2D eigenvalue weighted by Crippen LogP contribution is -2.14. The first-order valence-electron chi connectivity index (χ1n) is 6.13. The fraction of sp³-hybridized carbons (Fsp3) is 0.750. The predicted octanol–water partition coefficient (Wildman–Crippen LogP) is 2.28. The third-order valence-electron chi connectivity index (χ3n) is 3.33. The van der Waals surface area contributed by atoms with E-state index in [-0.39, 0.29) is 0 Å². The minimum Gasteiger partial charge on any atom is -0.332 e. The van der Waals surface area contributed by atoms with Gasteiger partial charge in [-0.05, 0) is 19.4 Å². The van der Waals surface area contributed by atoms with E-state index < -0.39 is 0 Å². The molecule has 2 rings (SSSR count). The molecule has 0 radical (unpaired) electrons. The Hall–Kier alpha value is -0.830. The molecule has 3 nitrogen and oxygen atoms in total. The van der Waals surface area contributed by atoms with E-state index in [9.17, 15) is 0 Å². The molecule has 0 amide bonds. The van der Waals surface area contributed by atoms with Gasteiger partial charge in [-0.25, -0.2) is 4.98 Å². The second-order valence-electron chi connectivity index (χ2n) is 4.43. The van der Waals surface area contributed by atoms with Crippen molar-refractivity contribution in [2.45, 2.75) is 51.0 Å². The van der Waals surface area contributed by atoms with E-state index in [4.69, 9.17) is 5.73 Å². The van der Waals surface area contributed by atoms with Crippen LogP contribution in [0.4, 0.5) is 0 Å². The van der Waals surface area contributed by atoms with Gasteiger partial charge >= 0.3 is 0 Å². The van der Waals surface area contributed by atoms with Gasteiger partial charge in [0.2, 0.25) is 0 Å². The van der Waals surface area contributed by atoms with Gasteiger partial charge in [0, 0.05) is 24.9 Å². The lowest BCUT2D eigenvalue weighted by atomic mass is 10.1. The zero-order valence-corrected chi connectivity index (χ0v) is 9.36. The van der Waals surface area contributed by atoms with Gasteiger partial charge in [0.15, 0.2) is 0 Å². The molecular weight excluding hydrogens is 186 g/mol. The van der Waals surface area contributed by atoms with E-state index in [1.807, 2.05) is 6.20 Å². The van der Waals surface area contributed by atoms with Crippen LogP contribution >= 0.6 is 0 Å². The lowest BCUT2D eigenvalue weighted by molar-refractivity contribution is 0.430. The summed E-state index contributed by atoms with van der Waals surface area (Å²) in [5.74, 6) is 1.17. The first-order valence-corrected chi connectivity index (χ1v) is 6.13. The molecule has 1 aliphatic rings. The summed E-state index contributed by atoms with van der Waals surface area (Å²) in [7, 11) is 0. The first-order chi connectivity index (χ1) is 7.42. The normalized spacial score (nSPS) is 19.0. The highest BCUT2D eigenvalue weighted by Crippen LogP contribution is 2.27. The number of rotatable bonds is 3. The highest BCUT2D eigenvalue weighted by molar-refractivity contribution is 4.96. The van der Waals surface area contributed by atoms with Crippen molar-refractivity contribution in [2.75, 3.05) is 6.54 Å². The third kappa shape index (κ3) is 2.59. The van der Waals surface area contributed by atoms with Gasteiger partial charge < -0.3 is 10.3 Å². The monoisotopic (exact) mass is 207 g/mol. The molecule has 1 aliphatic carbocycles. The standard InChI is InChI=1S/C12H21N3/c13-8-7-12-14-9-10-15(12)11-5-3-1-2-4-6-11/h9-11H,1-8,13H2. The Balaban J connectivity index is 2.08. The summed E-state index contributed by atoms with van der Waals surface area (Å²) in [6.45, 7) is 0.698. The van der Waals surface area contributed by atoms with Crippen molar-refractivity contribution in [2.24, 2.45) is 5.73 Å². The first kappa shape index (κ1) is 10.7. The molecule has 2 N–H and O–H groups in total. The van der Waals surface area contributed by atoms with Crippen molar-refractivity contribution >= 4 is 0 Å². The largest absolute Gasteiger partial charge is 0.332 e. The zero-order valence-electron chi connectivity index (χ0n) is 9.36. The van der Waals surface area contributed by atoms with Crippen LogP contribution < -0.4 is 5.73 Å². The molecular formula is C12H21N3. The molecule has 0 atom stereocenters. The van der Waals surface area contributed by atoms with E-state index in [1.165, 1.54) is 44.3 Å².